The fourth-order valence-corrected chi connectivity index (χ4v) is 1.88. The van der Waals surface area contributed by atoms with E-state index >= 15 is 0 Å². The quantitative estimate of drug-likeness (QED) is 0.573. The highest BCUT2D eigenvalue weighted by Crippen LogP contribution is 2.17. The minimum atomic E-state index is -0.555. The van der Waals surface area contributed by atoms with Crippen molar-refractivity contribution in [3.05, 3.63) is 12.2 Å². The van der Waals surface area contributed by atoms with Crippen molar-refractivity contribution in [3.63, 3.8) is 0 Å². The standard InChI is InChI=1S/C14H16N2O4/c15-9-7-13(17)19-11-3-1-2-4-12(6-5-11)20-14(18)8-10-16/h5-6,11-12H,1-4,7-8H2. The van der Waals surface area contributed by atoms with E-state index in [1.54, 1.807) is 24.3 Å². The monoisotopic (exact) mass is 276 g/mol. The number of nitriles is 2. The average molecular weight is 276 g/mol. The fraction of sp³-hybridized carbons (Fsp3) is 0.571. The minimum absolute atomic E-state index is 0.273. The summed E-state index contributed by atoms with van der Waals surface area (Å²) in [6.07, 6.45) is 5.07. The maximum atomic E-state index is 11.3. The smallest absolute Gasteiger partial charge is 0.320 e. The summed E-state index contributed by atoms with van der Waals surface area (Å²) in [5.41, 5.74) is 0. The van der Waals surface area contributed by atoms with E-state index in [0.29, 0.717) is 12.8 Å². The van der Waals surface area contributed by atoms with Gasteiger partial charge in [0.1, 0.15) is 25.0 Å². The summed E-state index contributed by atoms with van der Waals surface area (Å²) in [6, 6.07) is 3.47. The van der Waals surface area contributed by atoms with Gasteiger partial charge in [0.15, 0.2) is 0 Å². The van der Waals surface area contributed by atoms with E-state index < -0.39 is 24.1 Å². The van der Waals surface area contributed by atoms with E-state index in [9.17, 15) is 9.59 Å². The number of hydrogen-bond acceptors (Lipinski definition) is 6. The number of nitrogens with zero attached hydrogens (tertiary/aromatic N) is 2. The first-order valence-corrected chi connectivity index (χ1v) is 6.47. The van der Waals surface area contributed by atoms with Crippen LogP contribution in [0.25, 0.3) is 0 Å². The minimum Gasteiger partial charge on any atom is -0.457 e. The van der Waals surface area contributed by atoms with Gasteiger partial charge in [-0.3, -0.25) is 9.59 Å². The number of rotatable bonds is 4. The summed E-state index contributed by atoms with van der Waals surface area (Å²) in [6.45, 7) is 0. The van der Waals surface area contributed by atoms with Crippen molar-refractivity contribution in [1.82, 2.24) is 0 Å². The van der Waals surface area contributed by atoms with Crippen molar-refractivity contribution in [3.8, 4) is 12.1 Å². The molecule has 0 fully saturated rings. The molecule has 2 atom stereocenters. The van der Waals surface area contributed by atoms with Gasteiger partial charge >= 0.3 is 11.9 Å². The van der Waals surface area contributed by atoms with Crippen LogP contribution < -0.4 is 0 Å². The van der Waals surface area contributed by atoms with Crippen LogP contribution in [0.5, 0.6) is 0 Å². The van der Waals surface area contributed by atoms with Crippen LogP contribution in [0.15, 0.2) is 12.2 Å². The van der Waals surface area contributed by atoms with E-state index in [4.69, 9.17) is 20.0 Å². The highest BCUT2D eigenvalue weighted by atomic mass is 16.5. The predicted molar refractivity (Wildman–Crippen MR) is 67.8 cm³/mol. The second kappa shape index (κ2) is 8.71. The fourth-order valence-electron chi connectivity index (χ4n) is 1.88. The molecule has 1 rings (SSSR count). The van der Waals surface area contributed by atoms with E-state index in [1.807, 2.05) is 0 Å². The summed E-state index contributed by atoms with van der Waals surface area (Å²) < 4.78 is 10.3. The summed E-state index contributed by atoms with van der Waals surface area (Å²) in [5, 5.41) is 16.8. The Morgan fingerprint density at radius 3 is 1.70 bits per heavy atom. The molecule has 0 aliphatic heterocycles. The summed E-state index contributed by atoms with van der Waals surface area (Å²) in [7, 11) is 0. The second-order valence-electron chi connectivity index (χ2n) is 4.40. The lowest BCUT2D eigenvalue weighted by Gasteiger charge is -2.20. The molecular formula is C14H16N2O4. The van der Waals surface area contributed by atoms with Crippen LogP contribution in [0.3, 0.4) is 0 Å². The maximum absolute atomic E-state index is 11.3. The normalized spacial score (nSPS) is 21.7. The molecule has 0 amide bonds. The van der Waals surface area contributed by atoms with Crippen molar-refractivity contribution < 1.29 is 19.1 Å². The molecule has 0 aromatic rings. The Hall–Kier alpha value is -2.34. The largest absolute Gasteiger partial charge is 0.457 e. The molecule has 6 heteroatoms. The van der Waals surface area contributed by atoms with E-state index in [-0.39, 0.29) is 12.8 Å². The van der Waals surface area contributed by atoms with E-state index in [1.165, 1.54) is 0 Å². The first-order valence-electron chi connectivity index (χ1n) is 6.47. The molecule has 0 saturated carbocycles. The third kappa shape index (κ3) is 6.01. The van der Waals surface area contributed by atoms with Crippen LogP contribution >= 0.6 is 0 Å². The van der Waals surface area contributed by atoms with Crippen molar-refractivity contribution in [2.45, 2.75) is 50.7 Å². The van der Waals surface area contributed by atoms with Crippen LogP contribution in [0.1, 0.15) is 38.5 Å². The van der Waals surface area contributed by atoms with Crippen LogP contribution in [-0.2, 0) is 19.1 Å². The van der Waals surface area contributed by atoms with Gasteiger partial charge in [-0.15, -0.1) is 0 Å². The van der Waals surface area contributed by atoms with Gasteiger partial charge in [0, 0.05) is 0 Å². The number of carbonyl (C=O) groups excluding carboxylic acids is 2. The Balaban J connectivity index is 2.54. The zero-order valence-electron chi connectivity index (χ0n) is 11.1. The van der Waals surface area contributed by atoms with Gasteiger partial charge in [0.05, 0.1) is 12.1 Å². The van der Waals surface area contributed by atoms with Crippen molar-refractivity contribution in [2.24, 2.45) is 0 Å². The molecule has 0 bridgehead atoms. The molecule has 0 radical (unpaired) electrons. The van der Waals surface area contributed by atoms with Gasteiger partial charge in [-0.2, -0.15) is 10.5 Å². The van der Waals surface area contributed by atoms with Gasteiger partial charge < -0.3 is 9.47 Å². The van der Waals surface area contributed by atoms with Gasteiger partial charge in [0.25, 0.3) is 0 Å². The lowest BCUT2D eigenvalue weighted by atomic mass is 10.0. The molecular weight excluding hydrogens is 260 g/mol. The molecule has 0 aromatic carbocycles. The first kappa shape index (κ1) is 15.7. The maximum Gasteiger partial charge on any atom is 0.320 e. The molecule has 0 heterocycles. The van der Waals surface area contributed by atoms with Crippen LogP contribution in [0.4, 0.5) is 0 Å². The van der Waals surface area contributed by atoms with E-state index in [0.717, 1.165) is 12.8 Å². The summed E-state index contributed by atoms with van der Waals surface area (Å²) >= 11 is 0. The Kier molecular flexibility index (Phi) is 6.84. The van der Waals surface area contributed by atoms with Gasteiger partial charge in [-0.1, -0.05) is 0 Å². The molecule has 106 valence electrons. The van der Waals surface area contributed by atoms with Crippen LogP contribution in [0, 0.1) is 22.7 Å². The number of carbonyl (C=O) groups is 2. The number of hydrogen-bond donors (Lipinski definition) is 0. The van der Waals surface area contributed by atoms with Gasteiger partial charge in [-0.25, -0.2) is 0 Å². The average Bonchev–Trinajstić information content (AvgIpc) is 2.37. The van der Waals surface area contributed by atoms with Gasteiger partial charge in [-0.05, 0) is 37.8 Å². The predicted octanol–water partition coefficient (Wildman–Crippen LogP) is 1.77. The molecule has 0 spiro atoms. The Morgan fingerprint density at radius 1 is 0.950 bits per heavy atom. The number of ether oxygens (including phenoxy) is 2. The SMILES string of the molecule is N#CCC(=O)OC1C=CC(OC(=O)CC#N)CCCC1. The lowest BCUT2D eigenvalue weighted by molar-refractivity contribution is -0.148. The summed E-state index contributed by atoms with van der Waals surface area (Å²) in [5.74, 6) is -1.11. The zero-order chi connectivity index (χ0) is 14.8. The van der Waals surface area contributed by atoms with Crippen molar-refractivity contribution >= 4 is 11.9 Å². The van der Waals surface area contributed by atoms with Crippen LogP contribution in [-0.4, -0.2) is 24.1 Å². The van der Waals surface area contributed by atoms with E-state index in [2.05, 4.69) is 0 Å². The summed E-state index contributed by atoms with van der Waals surface area (Å²) in [4.78, 5) is 22.5. The first-order chi connectivity index (χ1) is 9.65. The Labute approximate surface area is 117 Å². The zero-order valence-corrected chi connectivity index (χ0v) is 11.1. The third-order valence-electron chi connectivity index (χ3n) is 2.78. The van der Waals surface area contributed by atoms with Crippen LogP contribution in [0.2, 0.25) is 0 Å². The highest BCUT2D eigenvalue weighted by molar-refractivity contribution is 5.72. The Morgan fingerprint density at radius 2 is 1.35 bits per heavy atom. The molecule has 6 nitrogen and oxygen atoms in total. The molecule has 20 heavy (non-hydrogen) atoms. The molecule has 2 unspecified atom stereocenters. The van der Waals surface area contributed by atoms with Crippen molar-refractivity contribution in [2.75, 3.05) is 0 Å². The number of esters is 2. The molecule has 0 saturated heterocycles. The Bertz CT molecular complexity index is 417. The highest BCUT2D eigenvalue weighted by Gasteiger charge is 2.17. The third-order valence-corrected chi connectivity index (χ3v) is 2.78. The molecule has 0 aromatic heterocycles. The van der Waals surface area contributed by atoms with Crippen molar-refractivity contribution in [1.29, 1.82) is 10.5 Å². The molecule has 1 aliphatic carbocycles. The topological polar surface area (TPSA) is 100 Å². The lowest BCUT2D eigenvalue weighted by Crippen LogP contribution is -2.21. The molecule has 0 N–H and O–H groups in total. The van der Waals surface area contributed by atoms with Gasteiger partial charge in [0.2, 0.25) is 0 Å². The molecule has 1 aliphatic rings. The second-order valence-corrected chi connectivity index (χ2v) is 4.40.